The fourth-order valence-corrected chi connectivity index (χ4v) is 1.73. The highest BCUT2D eigenvalue weighted by atomic mass is 35.5. The molecular formula is C13H21ClN2. The van der Waals surface area contributed by atoms with Crippen LogP contribution in [0.3, 0.4) is 0 Å². The van der Waals surface area contributed by atoms with Crippen molar-refractivity contribution in [1.29, 1.82) is 0 Å². The van der Waals surface area contributed by atoms with Crippen molar-refractivity contribution in [2.75, 3.05) is 17.7 Å². The van der Waals surface area contributed by atoms with Crippen molar-refractivity contribution in [3.63, 3.8) is 0 Å². The zero-order valence-electron chi connectivity index (χ0n) is 10.4. The summed E-state index contributed by atoms with van der Waals surface area (Å²) < 4.78 is 0. The van der Waals surface area contributed by atoms with E-state index in [2.05, 4.69) is 37.1 Å². The molecule has 1 rings (SSSR count). The second kappa shape index (κ2) is 6.09. The van der Waals surface area contributed by atoms with Crippen molar-refractivity contribution < 1.29 is 0 Å². The van der Waals surface area contributed by atoms with Crippen molar-refractivity contribution in [3.05, 3.63) is 23.9 Å². The van der Waals surface area contributed by atoms with Gasteiger partial charge in [0.15, 0.2) is 0 Å². The average Bonchev–Trinajstić information content (AvgIpc) is 2.24. The zero-order valence-corrected chi connectivity index (χ0v) is 11.1. The van der Waals surface area contributed by atoms with E-state index in [9.17, 15) is 0 Å². The van der Waals surface area contributed by atoms with Gasteiger partial charge in [0.1, 0.15) is 5.82 Å². The van der Waals surface area contributed by atoms with Gasteiger partial charge >= 0.3 is 0 Å². The van der Waals surface area contributed by atoms with Crippen molar-refractivity contribution in [2.24, 2.45) is 5.41 Å². The van der Waals surface area contributed by atoms with Crippen molar-refractivity contribution in [1.82, 2.24) is 4.98 Å². The first-order valence-electron chi connectivity index (χ1n) is 5.76. The first-order chi connectivity index (χ1) is 7.53. The molecule has 0 bridgehead atoms. The Balaban J connectivity index is 2.44. The van der Waals surface area contributed by atoms with Crippen LogP contribution in [-0.2, 0) is 0 Å². The van der Waals surface area contributed by atoms with E-state index in [0.29, 0.717) is 0 Å². The number of aryl methyl sites for hydroxylation is 1. The minimum Gasteiger partial charge on any atom is -0.370 e. The molecule has 0 aliphatic rings. The van der Waals surface area contributed by atoms with Crippen LogP contribution in [0.1, 0.15) is 32.3 Å². The van der Waals surface area contributed by atoms with Crippen LogP contribution in [0.15, 0.2) is 18.3 Å². The predicted molar refractivity (Wildman–Crippen MR) is 71.2 cm³/mol. The van der Waals surface area contributed by atoms with Gasteiger partial charge in [-0.2, -0.15) is 0 Å². The van der Waals surface area contributed by atoms with E-state index in [4.69, 9.17) is 11.6 Å². The number of alkyl halides is 1. The third-order valence-corrected chi connectivity index (χ3v) is 2.92. The maximum atomic E-state index is 5.71. The molecule has 90 valence electrons. The van der Waals surface area contributed by atoms with E-state index in [1.165, 1.54) is 5.56 Å². The molecule has 1 aromatic heterocycles. The Morgan fingerprint density at radius 2 is 2.19 bits per heavy atom. The van der Waals surface area contributed by atoms with E-state index in [1.807, 2.05) is 12.3 Å². The number of rotatable bonds is 6. The van der Waals surface area contributed by atoms with Crippen LogP contribution >= 0.6 is 11.6 Å². The summed E-state index contributed by atoms with van der Waals surface area (Å²) in [4.78, 5) is 4.29. The van der Waals surface area contributed by atoms with E-state index < -0.39 is 0 Å². The molecular weight excluding hydrogens is 220 g/mol. The third-order valence-electron chi connectivity index (χ3n) is 2.65. The molecule has 0 unspecified atom stereocenters. The van der Waals surface area contributed by atoms with E-state index in [-0.39, 0.29) is 5.41 Å². The number of nitrogens with zero attached hydrogens (tertiary/aromatic N) is 1. The summed E-state index contributed by atoms with van der Waals surface area (Å²) >= 11 is 5.71. The quantitative estimate of drug-likeness (QED) is 0.764. The number of aromatic nitrogens is 1. The Kier molecular flexibility index (Phi) is 5.07. The Hall–Kier alpha value is -0.760. The minimum atomic E-state index is 0.264. The van der Waals surface area contributed by atoms with Crippen LogP contribution in [0, 0.1) is 12.3 Å². The highest BCUT2D eigenvalue weighted by Crippen LogP contribution is 2.23. The molecule has 0 amide bonds. The fourth-order valence-electron chi connectivity index (χ4n) is 1.60. The molecule has 0 fully saturated rings. The van der Waals surface area contributed by atoms with E-state index in [0.717, 1.165) is 31.1 Å². The SMILES string of the molecule is Cc1ccnc(NCC(C)(C)CCCCl)c1. The second-order valence-corrected chi connectivity index (χ2v) is 5.41. The predicted octanol–water partition coefficient (Wildman–Crippen LogP) is 3.85. The smallest absolute Gasteiger partial charge is 0.126 e. The number of pyridine rings is 1. The van der Waals surface area contributed by atoms with Gasteiger partial charge in [-0.25, -0.2) is 4.98 Å². The fraction of sp³-hybridized carbons (Fsp3) is 0.615. The molecule has 1 aromatic rings. The van der Waals surface area contributed by atoms with Gasteiger partial charge in [0, 0.05) is 18.6 Å². The molecule has 0 spiro atoms. The standard InChI is InChI=1S/C13H21ClN2/c1-11-5-8-15-12(9-11)16-10-13(2,3)6-4-7-14/h5,8-9H,4,6-7,10H2,1-3H3,(H,15,16). The van der Waals surface area contributed by atoms with Gasteiger partial charge in [-0.3, -0.25) is 0 Å². The molecule has 0 aliphatic heterocycles. The minimum absolute atomic E-state index is 0.264. The summed E-state index contributed by atoms with van der Waals surface area (Å²) in [6.07, 6.45) is 4.04. The average molecular weight is 241 g/mol. The lowest BCUT2D eigenvalue weighted by molar-refractivity contribution is 0.355. The monoisotopic (exact) mass is 240 g/mol. The van der Waals surface area contributed by atoms with Gasteiger partial charge in [0.2, 0.25) is 0 Å². The highest BCUT2D eigenvalue weighted by molar-refractivity contribution is 6.17. The summed E-state index contributed by atoms with van der Waals surface area (Å²) in [5.41, 5.74) is 1.50. The Labute approximate surface area is 103 Å². The van der Waals surface area contributed by atoms with E-state index >= 15 is 0 Å². The lowest BCUT2D eigenvalue weighted by Crippen LogP contribution is -2.23. The lowest BCUT2D eigenvalue weighted by Gasteiger charge is -2.24. The number of hydrogen-bond donors (Lipinski definition) is 1. The van der Waals surface area contributed by atoms with Crippen molar-refractivity contribution >= 4 is 17.4 Å². The van der Waals surface area contributed by atoms with Crippen molar-refractivity contribution in [3.8, 4) is 0 Å². The summed E-state index contributed by atoms with van der Waals surface area (Å²) in [5, 5.41) is 3.38. The van der Waals surface area contributed by atoms with Crippen molar-refractivity contribution in [2.45, 2.75) is 33.6 Å². The molecule has 2 nitrogen and oxygen atoms in total. The van der Waals surface area contributed by atoms with Gasteiger partial charge in [0.25, 0.3) is 0 Å². The molecule has 3 heteroatoms. The molecule has 1 heterocycles. The number of nitrogens with one attached hydrogen (secondary N) is 1. The lowest BCUT2D eigenvalue weighted by atomic mass is 9.88. The number of hydrogen-bond acceptors (Lipinski definition) is 2. The Morgan fingerprint density at radius 3 is 2.81 bits per heavy atom. The first-order valence-corrected chi connectivity index (χ1v) is 6.29. The molecule has 0 aromatic carbocycles. The largest absolute Gasteiger partial charge is 0.370 e. The van der Waals surface area contributed by atoms with Crippen LogP contribution in [0.5, 0.6) is 0 Å². The molecule has 1 N–H and O–H groups in total. The van der Waals surface area contributed by atoms with Gasteiger partial charge in [-0.15, -0.1) is 11.6 Å². The summed E-state index contributed by atoms with van der Waals surface area (Å²) in [6, 6.07) is 4.07. The summed E-state index contributed by atoms with van der Waals surface area (Å²) in [7, 11) is 0. The molecule has 0 saturated carbocycles. The van der Waals surface area contributed by atoms with E-state index in [1.54, 1.807) is 0 Å². The Morgan fingerprint density at radius 1 is 1.44 bits per heavy atom. The van der Waals surface area contributed by atoms with Gasteiger partial charge in [-0.1, -0.05) is 13.8 Å². The maximum absolute atomic E-state index is 5.71. The van der Waals surface area contributed by atoms with Crippen LogP contribution in [0.4, 0.5) is 5.82 Å². The third kappa shape index (κ3) is 4.84. The normalized spacial score (nSPS) is 11.5. The molecule has 0 radical (unpaired) electrons. The molecule has 16 heavy (non-hydrogen) atoms. The van der Waals surface area contributed by atoms with Crippen LogP contribution in [0.25, 0.3) is 0 Å². The van der Waals surface area contributed by atoms with Gasteiger partial charge < -0.3 is 5.32 Å². The van der Waals surface area contributed by atoms with Gasteiger partial charge in [0.05, 0.1) is 0 Å². The zero-order chi connectivity index (χ0) is 12.0. The Bertz CT molecular complexity index is 323. The topological polar surface area (TPSA) is 24.9 Å². The number of anilines is 1. The molecule has 0 aliphatic carbocycles. The van der Waals surface area contributed by atoms with Gasteiger partial charge in [-0.05, 0) is 42.9 Å². The summed E-state index contributed by atoms with van der Waals surface area (Å²) in [5.74, 6) is 1.70. The van der Waals surface area contributed by atoms with Crippen LogP contribution < -0.4 is 5.32 Å². The van der Waals surface area contributed by atoms with Crippen LogP contribution in [-0.4, -0.2) is 17.4 Å². The molecule has 0 atom stereocenters. The number of halogens is 1. The first kappa shape index (κ1) is 13.3. The summed E-state index contributed by atoms with van der Waals surface area (Å²) in [6.45, 7) is 7.51. The second-order valence-electron chi connectivity index (χ2n) is 5.03. The maximum Gasteiger partial charge on any atom is 0.126 e. The van der Waals surface area contributed by atoms with Crippen LogP contribution in [0.2, 0.25) is 0 Å². The highest BCUT2D eigenvalue weighted by Gasteiger charge is 2.16. The molecule has 0 saturated heterocycles.